The predicted molar refractivity (Wildman–Crippen MR) is 62.9 cm³/mol. The first-order valence-corrected chi connectivity index (χ1v) is 5.50. The van der Waals surface area contributed by atoms with Gasteiger partial charge in [0.2, 0.25) is 0 Å². The molecule has 0 fully saturated rings. The van der Waals surface area contributed by atoms with Gasteiger partial charge in [0.15, 0.2) is 0 Å². The molecule has 0 radical (unpaired) electrons. The number of likely N-dealkylation sites (N-methyl/N-ethyl adjacent to an activating group) is 1. The molecule has 0 heterocycles. The van der Waals surface area contributed by atoms with Crippen LogP contribution >= 0.6 is 15.9 Å². The molecule has 2 nitrogen and oxygen atoms in total. The quantitative estimate of drug-likeness (QED) is 0.896. The van der Waals surface area contributed by atoms with Crippen LogP contribution < -0.4 is 10.1 Å². The van der Waals surface area contributed by atoms with Crippen molar-refractivity contribution in [2.45, 2.75) is 20.0 Å². The molecular weight excluding hydrogens is 242 g/mol. The Kier molecular flexibility index (Phi) is 4.42. The molecule has 0 aliphatic heterocycles. The third-order valence-electron chi connectivity index (χ3n) is 1.97. The Morgan fingerprint density at radius 3 is 2.86 bits per heavy atom. The molecule has 1 N–H and O–H groups in total. The summed E-state index contributed by atoms with van der Waals surface area (Å²) in [5.41, 5.74) is 1.16. The van der Waals surface area contributed by atoms with Crippen LogP contribution in [-0.2, 0) is 0 Å². The number of aryl methyl sites for hydroxylation is 1. The lowest BCUT2D eigenvalue weighted by atomic mass is 10.2. The van der Waals surface area contributed by atoms with Gasteiger partial charge < -0.3 is 10.1 Å². The van der Waals surface area contributed by atoms with E-state index in [0.29, 0.717) is 0 Å². The number of ether oxygens (including phenoxy) is 1. The smallest absolute Gasteiger partial charge is 0.123 e. The maximum atomic E-state index is 5.77. The molecule has 0 amide bonds. The van der Waals surface area contributed by atoms with Gasteiger partial charge in [-0.3, -0.25) is 0 Å². The normalized spacial score (nSPS) is 12.6. The summed E-state index contributed by atoms with van der Waals surface area (Å²) in [4.78, 5) is 0. The summed E-state index contributed by atoms with van der Waals surface area (Å²) in [6.07, 6.45) is 0.188. The van der Waals surface area contributed by atoms with Gasteiger partial charge in [0.25, 0.3) is 0 Å². The van der Waals surface area contributed by atoms with Crippen LogP contribution in [0.4, 0.5) is 0 Å². The Labute approximate surface area is 93.8 Å². The van der Waals surface area contributed by atoms with Crippen LogP contribution in [0.2, 0.25) is 0 Å². The van der Waals surface area contributed by atoms with Crippen LogP contribution in [0.3, 0.4) is 0 Å². The van der Waals surface area contributed by atoms with Gasteiger partial charge >= 0.3 is 0 Å². The zero-order chi connectivity index (χ0) is 10.6. The van der Waals surface area contributed by atoms with E-state index in [2.05, 4.69) is 28.2 Å². The van der Waals surface area contributed by atoms with Crippen LogP contribution in [0.5, 0.6) is 5.75 Å². The van der Waals surface area contributed by atoms with Crippen LogP contribution in [-0.4, -0.2) is 19.7 Å². The Hall–Kier alpha value is -0.540. The highest BCUT2D eigenvalue weighted by Crippen LogP contribution is 2.23. The van der Waals surface area contributed by atoms with E-state index in [9.17, 15) is 0 Å². The Morgan fingerprint density at radius 2 is 2.21 bits per heavy atom. The van der Waals surface area contributed by atoms with Crippen molar-refractivity contribution in [2.24, 2.45) is 0 Å². The van der Waals surface area contributed by atoms with Gasteiger partial charge in [-0.1, -0.05) is 22.0 Å². The topological polar surface area (TPSA) is 21.3 Å². The monoisotopic (exact) mass is 257 g/mol. The summed E-state index contributed by atoms with van der Waals surface area (Å²) < 4.78 is 6.82. The lowest BCUT2D eigenvalue weighted by molar-refractivity contribution is 0.219. The first-order valence-electron chi connectivity index (χ1n) is 4.71. The van der Waals surface area contributed by atoms with E-state index in [1.807, 2.05) is 32.2 Å². The molecule has 1 unspecified atom stereocenters. The molecule has 0 aliphatic rings. The van der Waals surface area contributed by atoms with E-state index in [4.69, 9.17) is 4.74 Å². The fourth-order valence-corrected chi connectivity index (χ4v) is 1.59. The van der Waals surface area contributed by atoms with Gasteiger partial charge in [0, 0.05) is 11.0 Å². The van der Waals surface area contributed by atoms with E-state index < -0.39 is 0 Å². The number of nitrogens with one attached hydrogen (secondary N) is 1. The van der Waals surface area contributed by atoms with Gasteiger partial charge in [0.05, 0.1) is 0 Å². The van der Waals surface area contributed by atoms with Crippen molar-refractivity contribution in [3.63, 3.8) is 0 Å². The third kappa shape index (κ3) is 3.31. The molecule has 0 saturated heterocycles. The molecule has 1 rings (SSSR count). The third-order valence-corrected chi connectivity index (χ3v) is 2.46. The maximum absolute atomic E-state index is 5.77. The van der Waals surface area contributed by atoms with Crippen molar-refractivity contribution in [3.8, 4) is 5.75 Å². The Balaban J connectivity index is 2.70. The van der Waals surface area contributed by atoms with Gasteiger partial charge in [-0.15, -0.1) is 0 Å². The standard InChI is InChI=1S/C11H16BrNO/c1-8-4-5-10(12)6-11(8)14-9(2)7-13-3/h4-6,9,13H,7H2,1-3H3. The summed E-state index contributed by atoms with van der Waals surface area (Å²) >= 11 is 3.43. The SMILES string of the molecule is CNCC(C)Oc1cc(Br)ccc1C. The average molecular weight is 258 g/mol. The largest absolute Gasteiger partial charge is 0.489 e. The van der Waals surface area contributed by atoms with Crippen LogP contribution in [0.15, 0.2) is 22.7 Å². The first-order chi connectivity index (χ1) is 6.63. The second-order valence-electron chi connectivity index (χ2n) is 3.40. The molecular formula is C11H16BrNO. The molecule has 1 atom stereocenters. The molecule has 0 aliphatic carbocycles. The lowest BCUT2D eigenvalue weighted by Crippen LogP contribution is -2.26. The number of halogens is 1. The van der Waals surface area contributed by atoms with Gasteiger partial charge in [0.1, 0.15) is 11.9 Å². The second kappa shape index (κ2) is 5.37. The summed E-state index contributed by atoms with van der Waals surface area (Å²) in [5.74, 6) is 0.946. The maximum Gasteiger partial charge on any atom is 0.123 e. The van der Waals surface area contributed by atoms with Crippen molar-refractivity contribution in [2.75, 3.05) is 13.6 Å². The summed E-state index contributed by atoms with van der Waals surface area (Å²) in [7, 11) is 1.92. The predicted octanol–water partition coefficient (Wildman–Crippen LogP) is 2.74. The molecule has 3 heteroatoms. The molecule has 14 heavy (non-hydrogen) atoms. The van der Waals surface area contributed by atoms with Gasteiger partial charge in [-0.2, -0.15) is 0 Å². The zero-order valence-corrected chi connectivity index (χ0v) is 10.4. The fraction of sp³-hybridized carbons (Fsp3) is 0.455. The molecule has 0 aromatic heterocycles. The van der Waals surface area contributed by atoms with Gasteiger partial charge in [-0.05, 0) is 38.6 Å². The Morgan fingerprint density at radius 1 is 1.50 bits per heavy atom. The van der Waals surface area contributed by atoms with Crippen molar-refractivity contribution in [1.29, 1.82) is 0 Å². The summed E-state index contributed by atoms with van der Waals surface area (Å²) in [5, 5.41) is 3.09. The van der Waals surface area contributed by atoms with E-state index in [1.54, 1.807) is 0 Å². The molecule has 78 valence electrons. The van der Waals surface area contributed by atoms with Crippen molar-refractivity contribution in [1.82, 2.24) is 5.32 Å². The number of benzene rings is 1. The van der Waals surface area contributed by atoms with Crippen LogP contribution in [0.1, 0.15) is 12.5 Å². The zero-order valence-electron chi connectivity index (χ0n) is 8.80. The van der Waals surface area contributed by atoms with E-state index in [0.717, 1.165) is 22.3 Å². The van der Waals surface area contributed by atoms with Crippen molar-refractivity contribution < 1.29 is 4.74 Å². The highest BCUT2D eigenvalue weighted by atomic mass is 79.9. The minimum absolute atomic E-state index is 0.188. The molecule has 1 aromatic carbocycles. The highest BCUT2D eigenvalue weighted by molar-refractivity contribution is 9.10. The minimum Gasteiger partial charge on any atom is -0.489 e. The van der Waals surface area contributed by atoms with Crippen LogP contribution in [0.25, 0.3) is 0 Å². The van der Waals surface area contributed by atoms with E-state index in [1.165, 1.54) is 0 Å². The van der Waals surface area contributed by atoms with E-state index >= 15 is 0 Å². The molecule has 0 spiro atoms. The van der Waals surface area contributed by atoms with Crippen LogP contribution in [0, 0.1) is 6.92 Å². The highest BCUT2D eigenvalue weighted by Gasteiger charge is 2.05. The lowest BCUT2D eigenvalue weighted by Gasteiger charge is -2.16. The summed E-state index contributed by atoms with van der Waals surface area (Å²) in [6.45, 7) is 4.96. The van der Waals surface area contributed by atoms with Crippen molar-refractivity contribution >= 4 is 15.9 Å². The van der Waals surface area contributed by atoms with Gasteiger partial charge in [-0.25, -0.2) is 0 Å². The number of rotatable bonds is 4. The second-order valence-corrected chi connectivity index (χ2v) is 4.31. The Bertz CT molecular complexity index is 301. The first kappa shape index (κ1) is 11.5. The number of hydrogen-bond acceptors (Lipinski definition) is 2. The molecule has 0 bridgehead atoms. The number of hydrogen-bond donors (Lipinski definition) is 1. The average Bonchev–Trinajstić information content (AvgIpc) is 2.12. The van der Waals surface area contributed by atoms with E-state index in [-0.39, 0.29) is 6.10 Å². The minimum atomic E-state index is 0.188. The van der Waals surface area contributed by atoms with Crippen molar-refractivity contribution in [3.05, 3.63) is 28.2 Å². The fourth-order valence-electron chi connectivity index (χ4n) is 1.25. The molecule has 0 saturated carbocycles. The summed E-state index contributed by atoms with van der Waals surface area (Å²) in [6, 6.07) is 6.07. The molecule has 1 aromatic rings.